The van der Waals surface area contributed by atoms with Gasteiger partial charge in [-0.05, 0) is 37.1 Å². The minimum absolute atomic E-state index is 0.0464. The molecule has 0 amide bonds. The Kier molecular flexibility index (Phi) is 6.48. The zero-order chi connectivity index (χ0) is 20.0. The summed E-state index contributed by atoms with van der Waals surface area (Å²) in [5.74, 6) is 0.787. The maximum Gasteiger partial charge on any atom is 0.312 e. The van der Waals surface area contributed by atoms with Crippen molar-refractivity contribution in [1.82, 2.24) is 4.31 Å². The summed E-state index contributed by atoms with van der Waals surface area (Å²) in [4.78, 5) is 10.7. The van der Waals surface area contributed by atoms with E-state index in [1.54, 1.807) is 0 Å². The van der Waals surface area contributed by atoms with Gasteiger partial charge >= 0.3 is 5.69 Å². The van der Waals surface area contributed by atoms with Gasteiger partial charge < -0.3 is 9.47 Å². The lowest BCUT2D eigenvalue weighted by Crippen LogP contribution is -2.27. The predicted octanol–water partition coefficient (Wildman–Crippen LogP) is 3.23. The van der Waals surface area contributed by atoms with Crippen LogP contribution in [0.15, 0.2) is 53.4 Å². The number of sulfonamides is 1. The Balaban J connectivity index is 1.62. The van der Waals surface area contributed by atoms with Crippen molar-refractivity contribution in [2.24, 2.45) is 0 Å². The molecule has 0 aromatic heterocycles. The van der Waals surface area contributed by atoms with Crippen LogP contribution < -0.4 is 9.47 Å². The summed E-state index contributed by atoms with van der Waals surface area (Å²) in [6.45, 7) is 1.50. The zero-order valence-electron chi connectivity index (χ0n) is 15.3. The van der Waals surface area contributed by atoms with E-state index in [2.05, 4.69) is 0 Å². The van der Waals surface area contributed by atoms with E-state index in [0.29, 0.717) is 26.1 Å². The van der Waals surface area contributed by atoms with Crippen molar-refractivity contribution in [3.8, 4) is 11.5 Å². The molecule has 0 bridgehead atoms. The van der Waals surface area contributed by atoms with Gasteiger partial charge in [-0.2, -0.15) is 4.31 Å². The average molecular weight is 406 g/mol. The maximum absolute atomic E-state index is 12.6. The first kappa shape index (κ1) is 20.1. The van der Waals surface area contributed by atoms with Crippen molar-refractivity contribution in [2.75, 3.05) is 26.3 Å². The van der Waals surface area contributed by atoms with E-state index in [-0.39, 0.29) is 22.9 Å². The van der Waals surface area contributed by atoms with Crippen LogP contribution >= 0.6 is 0 Å². The smallest absolute Gasteiger partial charge is 0.312 e. The van der Waals surface area contributed by atoms with Crippen molar-refractivity contribution in [2.45, 2.75) is 24.2 Å². The molecule has 1 aliphatic heterocycles. The van der Waals surface area contributed by atoms with Crippen LogP contribution in [0.4, 0.5) is 5.69 Å². The number of rotatable bonds is 9. The lowest BCUT2D eigenvalue weighted by Gasteiger charge is -2.16. The highest BCUT2D eigenvalue weighted by atomic mass is 32.2. The zero-order valence-corrected chi connectivity index (χ0v) is 16.1. The molecule has 0 spiro atoms. The van der Waals surface area contributed by atoms with Gasteiger partial charge in [-0.25, -0.2) is 8.42 Å². The predicted molar refractivity (Wildman–Crippen MR) is 103 cm³/mol. The summed E-state index contributed by atoms with van der Waals surface area (Å²) in [7, 11) is -3.72. The van der Waals surface area contributed by atoms with Crippen molar-refractivity contribution >= 4 is 15.7 Å². The third-order valence-electron chi connectivity index (χ3n) is 4.39. The molecule has 0 N–H and O–H groups in total. The van der Waals surface area contributed by atoms with E-state index in [0.717, 1.165) is 24.7 Å². The number of benzene rings is 2. The lowest BCUT2D eigenvalue weighted by molar-refractivity contribution is -0.386. The molecule has 1 fully saturated rings. The number of hydrogen-bond donors (Lipinski definition) is 0. The molecular formula is C19H22N2O6S. The standard InChI is InChI=1S/C19H22N2O6S/c22-21(23)18-15-17(28(24,25)20-11-4-5-12-20)9-10-19(18)27-14-6-13-26-16-7-2-1-3-8-16/h1-3,7-10,15H,4-6,11-14H2. The van der Waals surface area contributed by atoms with Gasteiger partial charge in [0.25, 0.3) is 0 Å². The van der Waals surface area contributed by atoms with Gasteiger partial charge in [-0.1, -0.05) is 18.2 Å². The second kappa shape index (κ2) is 9.03. The summed E-state index contributed by atoms with van der Waals surface area (Å²) in [6, 6.07) is 13.1. The summed E-state index contributed by atoms with van der Waals surface area (Å²) in [5, 5.41) is 11.4. The van der Waals surface area contributed by atoms with E-state index < -0.39 is 14.9 Å². The van der Waals surface area contributed by atoms with Crippen molar-refractivity contribution < 1.29 is 22.8 Å². The van der Waals surface area contributed by atoms with Crippen LogP contribution in [0.3, 0.4) is 0 Å². The molecule has 8 nitrogen and oxygen atoms in total. The highest BCUT2D eigenvalue weighted by molar-refractivity contribution is 7.89. The third kappa shape index (κ3) is 4.79. The molecule has 0 atom stereocenters. The van der Waals surface area contributed by atoms with E-state index >= 15 is 0 Å². The first-order chi connectivity index (χ1) is 13.5. The number of nitro benzene ring substituents is 1. The van der Waals surface area contributed by atoms with Gasteiger partial charge in [0.05, 0.1) is 23.0 Å². The SMILES string of the molecule is O=[N+]([O-])c1cc(S(=O)(=O)N2CCCC2)ccc1OCCCOc1ccccc1. The van der Waals surface area contributed by atoms with Gasteiger partial charge in [-0.15, -0.1) is 0 Å². The lowest BCUT2D eigenvalue weighted by atomic mass is 10.3. The Morgan fingerprint density at radius 3 is 2.36 bits per heavy atom. The summed E-state index contributed by atoms with van der Waals surface area (Å²) in [6.07, 6.45) is 2.13. The Bertz CT molecular complexity index is 911. The van der Waals surface area contributed by atoms with Crippen LogP contribution in [0.5, 0.6) is 11.5 Å². The van der Waals surface area contributed by atoms with Gasteiger partial charge in [-0.3, -0.25) is 10.1 Å². The van der Waals surface area contributed by atoms with E-state index in [4.69, 9.17) is 9.47 Å². The molecule has 0 radical (unpaired) electrons. The number of nitro groups is 1. The van der Waals surface area contributed by atoms with Gasteiger partial charge in [0.15, 0.2) is 5.75 Å². The van der Waals surface area contributed by atoms with Gasteiger partial charge in [0.1, 0.15) is 5.75 Å². The van der Waals surface area contributed by atoms with Crippen LogP contribution in [0.25, 0.3) is 0 Å². The normalized spacial score (nSPS) is 14.7. The van der Waals surface area contributed by atoms with Gasteiger partial charge in [0, 0.05) is 25.6 Å². The molecule has 2 aromatic carbocycles. The Morgan fingerprint density at radius 1 is 1.00 bits per heavy atom. The number of nitrogens with zero attached hydrogens (tertiary/aromatic N) is 2. The molecule has 1 saturated heterocycles. The molecule has 9 heteroatoms. The highest BCUT2D eigenvalue weighted by Crippen LogP contribution is 2.31. The largest absolute Gasteiger partial charge is 0.493 e. The van der Waals surface area contributed by atoms with E-state index in [9.17, 15) is 18.5 Å². The van der Waals surface area contributed by atoms with Crippen LogP contribution in [0.2, 0.25) is 0 Å². The molecule has 0 unspecified atom stereocenters. The fourth-order valence-corrected chi connectivity index (χ4v) is 4.49. The molecule has 0 saturated carbocycles. The molecule has 1 heterocycles. The second-order valence-electron chi connectivity index (χ2n) is 6.36. The Labute approximate surface area is 163 Å². The Hall–Kier alpha value is -2.65. The Morgan fingerprint density at radius 2 is 1.68 bits per heavy atom. The van der Waals surface area contributed by atoms with E-state index in [1.165, 1.54) is 16.4 Å². The quantitative estimate of drug-likeness (QED) is 0.360. The molecule has 2 aromatic rings. The summed E-state index contributed by atoms with van der Waals surface area (Å²) < 4.78 is 37.6. The van der Waals surface area contributed by atoms with Crippen LogP contribution in [-0.2, 0) is 10.0 Å². The fourth-order valence-electron chi connectivity index (χ4n) is 2.95. The fraction of sp³-hybridized carbons (Fsp3) is 0.368. The molecule has 150 valence electrons. The summed E-state index contributed by atoms with van der Waals surface area (Å²) >= 11 is 0. The van der Waals surface area contributed by atoms with Gasteiger partial charge in [0.2, 0.25) is 10.0 Å². The molecule has 3 rings (SSSR count). The topological polar surface area (TPSA) is 99.0 Å². The first-order valence-corrected chi connectivity index (χ1v) is 10.5. The van der Waals surface area contributed by atoms with Crippen LogP contribution in [-0.4, -0.2) is 43.9 Å². The third-order valence-corrected chi connectivity index (χ3v) is 6.28. The molecule has 0 aliphatic carbocycles. The number of para-hydroxylation sites is 1. The number of ether oxygens (including phenoxy) is 2. The molecule has 28 heavy (non-hydrogen) atoms. The minimum Gasteiger partial charge on any atom is -0.493 e. The average Bonchev–Trinajstić information content (AvgIpc) is 3.24. The minimum atomic E-state index is -3.72. The first-order valence-electron chi connectivity index (χ1n) is 9.08. The summed E-state index contributed by atoms with van der Waals surface area (Å²) in [5.41, 5.74) is -0.357. The highest BCUT2D eigenvalue weighted by Gasteiger charge is 2.29. The maximum atomic E-state index is 12.6. The molecule has 1 aliphatic rings. The van der Waals surface area contributed by atoms with Crippen molar-refractivity contribution in [1.29, 1.82) is 0 Å². The van der Waals surface area contributed by atoms with Crippen LogP contribution in [0.1, 0.15) is 19.3 Å². The van der Waals surface area contributed by atoms with Crippen molar-refractivity contribution in [3.05, 3.63) is 58.6 Å². The molecular weight excluding hydrogens is 384 g/mol. The van der Waals surface area contributed by atoms with Crippen LogP contribution in [0, 0.1) is 10.1 Å². The number of hydrogen-bond acceptors (Lipinski definition) is 6. The van der Waals surface area contributed by atoms with Crippen molar-refractivity contribution in [3.63, 3.8) is 0 Å². The monoisotopic (exact) mass is 406 g/mol. The van der Waals surface area contributed by atoms with E-state index in [1.807, 2.05) is 30.3 Å². The second-order valence-corrected chi connectivity index (χ2v) is 8.30.